The number of likely N-dealkylation sites (N-methyl/N-ethyl adjacent to an activating group) is 1. The molecule has 0 saturated carbocycles. The van der Waals surface area contributed by atoms with Crippen LogP contribution in [0.3, 0.4) is 0 Å². The molecular formula is C26H21BrN2O4S. The standard InChI is InChI=1S/C26H21BrN2O4S/c1-16-6-8-17(9-7-16)15-33-22-11-10-18(12-21(22)27)13-23-24(30)29(2)26(34-23)28-20-5-3-4-19(14-20)25(31)32/h3-14H,15H2,1-2H3,(H,31,32)/b23-13-,28-26?. The minimum atomic E-state index is -1.02. The van der Waals surface area contributed by atoms with Crippen molar-refractivity contribution in [2.75, 3.05) is 7.05 Å². The van der Waals surface area contributed by atoms with Crippen LogP contribution in [0.2, 0.25) is 0 Å². The molecule has 0 bridgehead atoms. The summed E-state index contributed by atoms with van der Waals surface area (Å²) < 4.78 is 6.72. The first-order chi connectivity index (χ1) is 16.3. The number of amidine groups is 1. The Kier molecular flexibility index (Phi) is 7.19. The molecule has 1 amide bonds. The fourth-order valence-corrected chi connectivity index (χ4v) is 4.69. The molecule has 0 atom stereocenters. The molecule has 34 heavy (non-hydrogen) atoms. The number of carboxylic acid groups (broad SMARTS) is 1. The van der Waals surface area contributed by atoms with Crippen LogP contribution in [0.4, 0.5) is 5.69 Å². The van der Waals surface area contributed by atoms with Crippen molar-refractivity contribution in [2.24, 2.45) is 4.99 Å². The highest BCUT2D eigenvalue weighted by Gasteiger charge is 2.30. The number of aryl methyl sites for hydroxylation is 1. The van der Waals surface area contributed by atoms with Crippen LogP contribution in [0, 0.1) is 6.92 Å². The van der Waals surface area contributed by atoms with E-state index in [4.69, 9.17) is 4.74 Å². The van der Waals surface area contributed by atoms with Crippen LogP contribution < -0.4 is 4.74 Å². The van der Waals surface area contributed by atoms with Gasteiger partial charge in [-0.15, -0.1) is 0 Å². The molecule has 0 aromatic heterocycles. The molecule has 1 aliphatic heterocycles. The number of rotatable bonds is 6. The molecule has 4 rings (SSSR count). The maximum Gasteiger partial charge on any atom is 0.335 e. The fraction of sp³-hybridized carbons (Fsp3) is 0.115. The Bertz CT molecular complexity index is 1320. The number of nitrogens with zero attached hydrogens (tertiary/aromatic N) is 2. The molecule has 1 aliphatic rings. The Morgan fingerprint density at radius 3 is 2.62 bits per heavy atom. The molecule has 1 fully saturated rings. The third-order valence-corrected chi connectivity index (χ3v) is 6.77. The summed E-state index contributed by atoms with van der Waals surface area (Å²) in [5, 5.41) is 9.66. The quantitative estimate of drug-likeness (QED) is 0.375. The molecule has 6 nitrogen and oxygen atoms in total. The van der Waals surface area contributed by atoms with Crippen molar-refractivity contribution in [2.45, 2.75) is 13.5 Å². The van der Waals surface area contributed by atoms with Crippen molar-refractivity contribution >= 4 is 56.5 Å². The van der Waals surface area contributed by atoms with Gasteiger partial charge in [-0.2, -0.15) is 0 Å². The number of hydrogen-bond acceptors (Lipinski definition) is 5. The zero-order chi connectivity index (χ0) is 24.2. The monoisotopic (exact) mass is 536 g/mol. The first-order valence-electron chi connectivity index (χ1n) is 10.4. The van der Waals surface area contributed by atoms with Crippen LogP contribution in [-0.4, -0.2) is 34.1 Å². The zero-order valence-electron chi connectivity index (χ0n) is 18.5. The molecule has 1 saturated heterocycles. The lowest BCUT2D eigenvalue weighted by molar-refractivity contribution is -0.121. The van der Waals surface area contributed by atoms with Gasteiger partial charge in [-0.05, 0) is 82.2 Å². The lowest BCUT2D eigenvalue weighted by Gasteiger charge is -2.09. The van der Waals surface area contributed by atoms with E-state index in [1.165, 1.54) is 34.4 Å². The Morgan fingerprint density at radius 1 is 1.15 bits per heavy atom. The highest BCUT2D eigenvalue weighted by Crippen LogP contribution is 2.35. The van der Waals surface area contributed by atoms with Gasteiger partial charge in [0, 0.05) is 7.05 Å². The minimum absolute atomic E-state index is 0.143. The Morgan fingerprint density at radius 2 is 1.91 bits per heavy atom. The molecule has 3 aromatic carbocycles. The second-order valence-electron chi connectivity index (χ2n) is 7.69. The predicted molar refractivity (Wildman–Crippen MR) is 138 cm³/mol. The lowest BCUT2D eigenvalue weighted by atomic mass is 10.1. The number of carbonyl (C=O) groups excluding carboxylic acids is 1. The Labute approximate surface area is 210 Å². The van der Waals surface area contributed by atoms with Crippen molar-refractivity contribution in [3.63, 3.8) is 0 Å². The van der Waals surface area contributed by atoms with E-state index in [0.717, 1.165) is 15.6 Å². The average Bonchev–Trinajstić information content (AvgIpc) is 3.07. The molecule has 1 N–H and O–H groups in total. The van der Waals surface area contributed by atoms with Crippen molar-refractivity contribution in [1.29, 1.82) is 0 Å². The van der Waals surface area contributed by atoms with Crippen LogP contribution >= 0.6 is 27.7 Å². The van der Waals surface area contributed by atoms with Gasteiger partial charge in [-0.3, -0.25) is 9.69 Å². The summed E-state index contributed by atoms with van der Waals surface area (Å²) in [6.07, 6.45) is 1.80. The molecule has 172 valence electrons. The lowest BCUT2D eigenvalue weighted by Crippen LogP contribution is -2.23. The number of aliphatic imine (C=N–C) groups is 1. The van der Waals surface area contributed by atoms with E-state index in [2.05, 4.69) is 33.1 Å². The molecular weight excluding hydrogens is 516 g/mol. The van der Waals surface area contributed by atoms with Crippen LogP contribution in [0.15, 0.2) is 81.1 Å². The molecule has 1 heterocycles. The number of thioether (sulfide) groups is 1. The fourth-order valence-electron chi connectivity index (χ4n) is 3.19. The van der Waals surface area contributed by atoms with Crippen molar-refractivity contribution < 1.29 is 19.4 Å². The van der Waals surface area contributed by atoms with Crippen LogP contribution in [-0.2, 0) is 11.4 Å². The highest BCUT2D eigenvalue weighted by atomic mass is 79.9. The van der Waals surface area contributed by atoms with E-state index in [0.29, 0.717) is 28.1 Å². The number of ether oxygens (including phenoxy) is 1. The first-order valence-corrected chi connectivity index (χ1v) is 12.0. The number of amides is 1. The van der Waals surface area contributed by atoms with Crippen LogP contribution in [0.5, 0.6) is 5.75 Å². The number of benzene rings is 3. The summed E-state index contributed by atoms with van der Waals surface area (Å²) in [5.41, 5.74) is 3.74. The van der Waals surface area contributed by atoms with Gasteiger partial charge in [0.25, 0.3) is 5.91 Å². The SMILES string of the molecule is Cc1ccc(COc2ccc(/C=C3\SC(=Nc4cccc(C(=O)O)c4)N(C)C3=O)cc2Br)cc1. The summed E-state index contributed by atoms with van der Waals surface area (Å²) in [6, 6.07) is 20.1. The summed E-state index contributed by atoms with van der Waals surface area (Å²) >= 11 is 4.80. The van der Waals surface area contributed by atoms with Gasteiger partial charge in [-0.1, -0.05) is 42.0 Å². The number of aromatic carboxylic acids is 1. The minimum Gasteiger partial charge on any atom is -0.488 e. The molecule has 0 unspecified atom stereocenters. The van der Waals surface area contributed by atoms with E-state index in [1.807, 2.05) is 37.3 Å². The zero-order valence-corrected chi connectivity index (χ0v) is 20.9. The van der Waals surface area contributed by atoms with Crippen LogP contribution in [0.1, 0.15) is 27.0 Å². The van der Waals surface area contributed by atoms with Crippen molar-refractivity contribution in [3.8, 4) is 5.75 Å². The topological polar surface area (TPSA) is 79.2 Å². The van der Waals surface area contributed by atoms with Gasteiger partial charge in [0.05, 0.1) is 20.6 Å². The van der Waals surface area contributed by atoms with Crippen molar-refractivity contribution in [3.05, 3.63) is 98.4 Å². The third-order valence-electron chi connectivity index (χ3n) is 5.09. The van der Waals surface area contributed by atoms with E-state index in [1.54, 1.807) is 25.3 Å². The number of hydrogen-bond donors (Lipinski definition) is 1. The number of carbonyl (C=O) groups is 2. The molecule has 8 heteroatoms. The summed E-state index contributed by atoms with van der Waals surface area (Å²) in [7, 11) is 1.65. The highest BCUT2D eigenvalue weighted by molar-refractivity contribution is 9.10. The summed E-state index contributed by atoms with van der Waals surface area (Å²) in [5.74, 6) is -0.484. The van der Waals surface area contributed by atoms with Gasteiger partial charge in [-0.25, -0.2) is 9.79 Å². The maximum atomic E-state index is 12.7. The second kappa shape index (κ2) is 10.3. The largest absolute Gasteiger partial charge is 0.488 e. The number of halogens is 1. The summed E-state index contributed by atoms with van der Waals surface area (Å²) in [4.78, 5) is 30.4. The average molecular weight is 537 g/mol. The normalized spacial score (nSPS) is 15.9. The first kappa shape index (κ1) is 23.8. The summed E-state index contributed by atoms with van der Waals surface area (Å²) in [6.45, 7) is 2.51. The Balaban J connectivity index is 1.49. The number of carboxylic acids is 1. The third kappa shape index (κ3) is 5.58. The smallest absolute Gasteiger partial charge is 0.335 e. The Hall–Kier alpha value is -3.36. The van der Waals surface area contributed by atoms with Gasteiger partial charge in [0.15, 0.2) is 5.17 Å². The van der Waals surface area contributed by atoms with Gasteiger partial charge in [0.1, 0.15) is 12.4 Å². The molecule has 0 aliphatic carbocycles. The molecule has 0 spiro atoms. The predicted octanol–water partition coefficient (Wildman–Crippen LogP) is 6.27. The van der Waals surface area contributed by atoms with E-state index < -0.39 is 5.97 Å². The van der Waals surface area contributed by atoms with Crippen molar-refractivity contribution in [1.82, 2.24) is 4.90 Å². The van der Waals surface area contributed by atoms with Crippen LogP contribution in [0.25, 0.3) is 6.08 Å². The molecule has 3 aromatic rings. The van der Waals surface area contributed by atoms with Gasteiger partial charge >= 0.3 is 5.97 Å². The van der Waals surface area contributed by atoms with E-state index >= 15 is 0 Å². The second-order valence-corrected chi connectivity index (χ2v) is 9.55. The molecule has 0 radical (unpaired) electrons. The van der Waals surface area contributed by atoms with Gasteiger partial charge < -0.3 is 9.84 Å². The van der Waals surface area contributed by atoms with Gasteiger partial charge in [0.2, 0.25) is 0 Å². The van der Waals surface area contributed by atoms with E-state index in [9.17, 15) is 14.7 Å². The maximum absolute atomic E-state index is 12.7. The van der Waals surface area contributed by atoms with E-state index in [-0.39, 0.29) is 11.5 Å².